The van der Waals surface area contributed by atoms with Gasteiger partial charge < -0.3 is 13.9 Å². The van der Waals surface area contributed by atoms with E-state index in [1.54, 1.807) is 36.2 Å². The molecule has 0 radical (unpaired) electrons. The first-order valence-corrected chi connectivity index (χ1v) is 11.4. The Labute approximate surface area is 196 Å². The van der Waals surface area contributed by atoms with Gasteiger partial charge in [-0.1, -0.05) is 35.6 Å². The number of hydrogen-bond acceptors (Lipinski definition) is 9. The predicted octanol–water partition coefficient (Wildman–Crippen LogP) is 4.73. The Morgan fingerprint density at radius 3 is 2.74 bits per heavy atom. The van der Waals surface area contributed by atoms with E-state index in [0.29, 0.717) is 33.1 Å². The lowest BCUT2D eigenvalue weighted by molar-refractivity contribution is 0.432. The molecule has 0 amide bonds. The summed E-state index contributed by atoms with van der Waals surface area (Å²) in [4.78, 5) is 30.7. The lowest BCUT2D eigenvalue weighted by Crippen LogP contribution is -2.24. The molecular weight excluding hydrogens is 454 g/mol. The van der Waals surface area contributed by atoms with E-state index in [1.807, 2.05) is 24.3 Å². The van der Waals surface area contributed by atoms with Crippen LogP contribution in [0.3, 0.4) is 0 Å². The molecule has 0 saturated carbocycles. The molecule has 6 rings (SSSR count). The van der Waals surface area contributed by atoms with E-state index in [9.17, 15) is 14.7 Å². The first-order valence-electron chi connectivity index (χ1n) is 10.6. The quantitative estimate of drug-likeness (QED) is 0.405. The van der Waals surface area contributed by atoms with Gasteiger partial charge in [0, 0.05) is 12.5 Å². The van der Waals surface area contributed by atoms with Gasteiger partial charge in [-0.05, 0) is 31.2 Å². The number of nitrogens with zero attached hydrogens (tertiary/aromatic N) is 3. The van der Waals surface area contributed by atoms with Crippen LogP contribution in [0.2, 0.25) is 0 Å². The second-order valence-electron chi connectivity index (χ2n) is 8.00. The van der Waals surface area contributed by atoms with Gasteiger partial charge in [0.15, 0.2) is 5.43 Å². The van der Waals surface area contributed by atoms with Crippen molar-refractivity contribution in [1.29, 1.82) is 0 Å². The molecular formula is C25H17N3O5S. The Morgan fingerprint density at radius 1 is 1.12 bits per heavy atom. The number of para-hydroxylation sites is 2. The third kappa shape index (κ3) is 3.20. The summed E-state index contributed by atoms with van der Waals surface area (Å²) >= 11 is 1.42. The maximum atomic E-state index is 13.4. The maximum absolute atomic E-state index is 13.4. The minimum absolute atomic E-state index is 0.0237. The van der Waals surface area contributed by atoms with Crippen molar-refractivity contribution in [2.45, 2.75) is 19.4 Å². The summed E-state index contributed by atoms with van der Waals surface area (Å²) in [5, 5.41) is 17.8. The average molecular weight is 471 g/mol. The van der Waals surface area contributed by atoms with Crippen molar-refractivity contribution in [3.8, 4) is 5.75 Å². The van der Waals surface area contributed by atoms with Gasteiger partial charge in [0.2, 0.25) is 5.13 Å². The van der Waals surface area contributed by atoms with Gasteiger partial charge in [-0.2, -0.15) is 5.10 Å². The standard InChI is InChI=1S/C25H17N3O5S/c1-13-10-19(29)22(24(31)33-13)17-11-18(15-12-32-20-8-4-2-6-14(20)23(15)30)28(27-17)25-26-16-7-3-5-9-21(16)34-25/h2-10,12,18,29H,11H2,1H3. The van der Waals surface area contributed by atoms with Crippen LogP contribution in [0.4, 0.5) is 5.13 Å². The summed E-state index contributed by atoms with van der Waals surface area (Å²) < 4.78 is 11.9. The van der Waals surface area contributed by atoms with Crippen molar-refractivity contribution in [3.05, 3.63) is 98.4 Å². The number of aryl methyl sites for hydroxylation is 1. The second-order valence-corrected chi connectivity index (χ2v) is 9.01. The number of anilines is 1. The van der Waals surface area contributed by atoms with Crippen molar-refractivity contribution < 1.29 is 13.9 Å². The summed E-state index contributed by atoms with van der Waals surface area (Å²) in [6, 6.07) is 15.5. The number of benzene rings is 2. The summed E-state index contributed by atoms with van der Waals surface area (Å²) in [5.41, 5.74) is 1.08. The molecule has 0 bridgehead atoms. The van der Waals surface area contributed by atoms with Crippen LogP contribution in [0.1, 0.15) is 29.3 Å². The zero-order chi connectivity index (χ0) is 23.4. The zero-order valence-corrected chi connectivity index (χ0v) is 18.7. The number of aromatic nitrogens is 1. The van der Waals surface area contributed by atoms with Gasteiger partial charge in [0.05, 0.1) is 32.9 Å². The third-order valence-corrected chi connectivity index (χ3v) is 6.82. The highest BCUT2D eigenvalue weighted by Gasteiger charge is 2.36. The lowest BCUT2D eigenvalue weighted by Gasteiger charge is -2.20. The summed E-state index contributed by atoms with van der Waals surface area (Å²) in [6.45, 7) is 1.58. The highest BCUT2D eigenvalue weighted by atomic mass is 32.1. The van der Waals surface area contributed by atoms with Crippen molar-refractivity contribution in [1.82, 2.24) is 4.98 Å². The first-order chi connectivity index (χ1) is 16.5. The van der Waals surface area contributed by atoms with E-state index in [0.717, 1.165) is 10.2 Å². The minimum Gasteiger partial charge on any atom is -0.507 e. The molecule has 1 aliphatic rings. The molecule has 0 spiro atoms. The van der Waals surface area contributed by atoms with Gasteiger partial charge >= 0.3 is 5.63 Å². The first kappa shape index (κ1) is 20.4. The van der Waals surface area contributed by atoms with E-state index in [1.165, 1.54) is 23.7 Å². The van der Waals surface area contributed by atoms with Gasteiger partial charge in [0.25, 0.3) is 0 Å². The zero-order valence-electron chi connectivity index (χ0n) is 17.9. The Morgan fingerprint density at radius 2 is 1.91 bits per heavy atom. The molecule has 9 heteroatoms. The number of aromatic hydroxyl groups is 1. The molecule has 2 aromatic carbocycles. The fourth-order valence-electron chi connectivity index (χ4n) is 4.22. The number of hydrogen-bond donors (Lipinski definition) is 1. The number of hydrazone groups is 1. The van der Waals surface area contributed by atoms with Gasteiger partial charge in [-0.15, -0.1) is 0 Å². The normalized spacial score (nSPS) is 15.9. The van der Waals surface area contributed by atoms with Crippen LogP contribution in [0.5, 0.6) is 5.75 Å². The molecule has 0 saturated heterocycles. The van der Waals surface area contributed by atoms with Gasteiger partial charge in [-0.3, -0.25) is 4.79 Å². The highest BCUT2D eigenvalue weighted by Crippen LogP contribution is 2.40. The molecule has 5 aromatic rings. The van der Waals surface area contributed by atoms with Crippen molar-refractivity contribution in [2.24, 2.45) is 5.10 Å². The summed E-state index contributed by atoms with van der Waals surface area (Å²) in [6.07, 6.45) is 1.62. The average Bonchev–Trinajstić information content (AvgIpc) is 3.43. The number of fused-ring (bicyclic) bond motifs is 2. The topological polar surface area (TPSA) is 109 Å². The molecule has 0 aliphatic carbocycles. The van der Waals surface area contributed by atoms with Crippen LogP contribution in [0, 0.1) is 6.92 Å². The fourth-order valence-corrected chi connectivity index (χ4v) is 5.19. The summed E-state index contributed by atoms with van der Waals surface area (Å²) in [7, 11) is 0. The molecule has 8 nitrogen and oxygen atoms in total. The molecule has 1 N–H and O–H groups in total. The van der Waals surface area contributed by atoms with Crippen LogP contribution >= 0.6 is 11.3 Å². The van der Waals surface area contributed by atoms with Crippen LogP contribution in [0.25, 0.3) is 21.2 Å². The van der Waals surface area contributed by atoms with Crippen molar-refractivity contribution in [3.63, 3.8) is 0 Å². The molecule has 34 heavy (non-hydrogen) atoms. The number of rotatable bonds is 3. The SMILES string of the molecule is Cc1cc(O)c(C2=NN(c3nc4ccccc4s3)C(c3coc4ccccc4c3=O)C2)c(=O)o1. The molecule has 1 aliphatic heterocycles. The minimum atomic E-state index is -0.688. The third-order valence-electron chi connectivity index (χ3n) is 5.80. The largest absolute Gasteiger partial charge is 0.507 e. The molecule has 0 fully saturated rings. The van der Waals surface area contributed by atoms with Crippen LogP contribution in [0.15, 0.2) is 84.4 Å². The Hall–Kier alpha value is -4.24. The van der Waals surface area contributed by atoms with Crippen molar-refractivity contribution in [2.75, 3.05) is 5.01 Å². The maximum Gasteiger partial charge on any atom is 0.348 e. The Balaban J connectivity index is 1.54. The molecule has 3 aromatic heterocycles. The lowest BCUT2D eigenvalue weighted by atomic mass is 9.99. The molecule has 1 atom stereocenters. The van der Waals surface area contributed by atoms with E-state index in [-0.39, 0.29) is 23.2 Å². The number of thiazole rings is 1. The predicted molar refractivity (Wildman–Crippen MR) is 130 cm³/mol. The van der Waals surface area contributed by atoms with E-state index < -0.39 is 11.7 Å². The van der Waals surface area contributed by atoms with Gasteiger partial charge in [-0.25, -0.2) is 14.8 Å². The second kappa shape index (κ2) is 7.67. The van der Waals surface area contributed by atoms with Crippen LogP contribution in [-0.2, 0) is 0 Å². The van der Waals surface area contributed by atoms with Crippen LogP contribution < -0.4 is 16.1 Å². The Kier molecular flexibility index (Phi) is 4.59. The van der Waals surface area contributed by atoms with E-state index in [2.05, 4.69) is 5.10 Å². The Bertz CT molecular complexity index is 1700. The van der Waals surface area contributed by atoms with Crippen LogP contribution in [-0.4, -0.2) is 15.8 Å². The monoisotopic (exact) mass is 471 g/mol. The smallest absolute Gasteiger partial charge is 0.348 e. The molecule has 168 valence electrons. The van der Waals surface area contributed by atoms with Gasteiger partial charge in [0.1, 0.15) is 28.9 Å². The molecule has 4 heterocycles. The molecule has 1 unspecified atom stereocenters. The van der Waals surface area contributed by atoms with Crippen molar-refractivity contribution >= 4 is 43.4 Å². The highest BCUT2D eigenvalue weighted by molar-refractivity contribution is 7.22. The summed E-state index contributed by atoms with van der Waals surface area (Å²) in [5.74, 6) is 0.0718. The fraction of sp³-hybridized carbons (Fsp3) is 0.120. The van der Waals surface area contributed by atoms with E-state index in [4.69, 9.17) is 13.8 Å². The van der Waals surface area contributed by atoms with E-state index >= 15 is 0 Å².